The molecule has 0 radical (unpaired) electrons. The Bertz CT molecular complexity index is 489. The SMILES string of the molecule is CCC(C)NC(C)(C(=O)OC)c1cc(OC)ccc1OC. The summed E-state index contributed by atoms with van der Waals surface area (Å²) in [6, 6.07) is 5.52. The average Bonchev–Trinajstić information content (AvgIpc) is 2.52. The van der Waals surface area contributed by atoms with Gasteiger partial charge in [0.25, 0.3) is 0 Å². The highest BCUT2D eigenvalue weighted by Gasteiger charge is 2.40. The number of hydrogen-bond donors (Lipinski definition) is 1. The summed E-state index contributed by atoms with van der Waals surface area (Å²) >= 11 is 0. The number of nitrogens with one attached hydrogen (secondary N) is 1. The van der Waals surface area contributed by atoms with E-state index >= 15 is 0 Å². The van der Waals surface area contributed by atoms with Crippen molar-refractivity contribution in [2.24, 2.45) is 0 Å². The quantitative estimate of drug-likeness (QED) is 0.783. The van der Waals surface area contributed by atoms with Crippen LogP contribution in [0.15, 0.2) is 18.2 Å². The minimum Gasteiger partial charge on any atom is -0.497 e. The summed E-state index contributed by atoms with van der Waals surface area (Å²) < 4.78 is 15.6. The van der Waals surface area contributed by atoms with Crippen molar-refractivity contribution in [3.05, 3.63) is 23.8 Å². The number of rotatable bonds is 7. The van der Waals surface area contributed by atoms with E-state index in [1.54, 1.807) is 39.3 Å². The van der Waals surface area contributed by atoms with Gasteiger partial charge in [-0.25, -0.2) is 4.79 Å². The first-order valence-electron chi connectivity index (χ1n) is 7.01. The Hall–Kier alpha value is -1.75. The van der Waals surface area contributed by atoms with E-state index in [1.807, 2.05) is 6.92 Å². The molecule has 0 fully saturated rings. The van der Waals surface area contributed by atoms with E-state index in [0.717, 1.165) is 6.42 Å². The van der Waals surface area contributed by atoms with Crippen molar-refractivity contribution in [1.29, 1.82) is 0 Å². The fraction of sp³-hybridized carbons (Fsp3) is 0.562. The second kappa shape index (κ2) is 7.31. The standard InChI is InChI=1S/C16H25NO4/c1-7-11(2)17-16(3,15(18)21-6)13-10-12(19-4)8-9-14(13)20-5/h8-11,17H,7H2,1-6H3. The first-order chi connectivity index (χ1) is 9.92. The highest BCUT2D eigenvalue weighted by Crippen LogP contribution is 2.34. The third kappa shape index (κ3) is 3.67. The number of ether oxygens (including phenoxy) is 3. The first-order valence-corrected chi connectivity index (χ1v) is 7.01. The van der Waals surface area contributed by atoms with Crippen molar-refractivity contribution >= 4 is 5.97 Å². The van der Waals surface area contributed by atoms with Crippen LogP contribution in [0.3, 0.4) is 0 Å². The van der Waals surface area contributed by atoms with E-state index in [9.17, 15) is 4.79 Å². The molecule has 118 valence electrons. The molecule has 0 aliphatic rings. The van der Waals surface area contributed by atoms with Crippen molar-refractivity contribution in [2.45, 2.75) is 38.8 Å². The van der Waals surface area contributed by atoms with Gasteiger partial charge in [-0.3, -0.25) is 5.32 Å². The molecule has 2 unspecified atom stereocenters. The van der Waals surface area contributed by atoms with Gasteiger partial charge in [0.2, 0.25) is 0 Å². The summed E-state index contributed by atoms with van der Waals surface area (Å²) in [5.41, 5.74) is -0.319. The molecule has 0 aliphatic carbocycles. The summed E-state index contributed by atoms with van der Waals surface area (Å²) in [6.45, 7) is 5.87. The van der Waals surface area contributed by atoms with Crippen LogP contribution < -0.4 is 14.8 Å². The van der Waals surface area contributed by atoms with Gasteiger partial charge in [0.15, 0.2) is 0 Å². The molecule has 5 heteroatoms. The third-order valence-corrected chi connectivity index (χ3v) is 3.69. The molecule has 1 aromatic rings. The van der Waals surface area contributed by atoms with Crippen LogP contribution in [-0.2, 0) is 15.1 Å². The zero-order valence-electron chi connectivity index (χ0n) is 13.6. The lowest BCUT2D eigenvalue weighted by molar-refractivity contribution is -0.148. The van der Waals surface area contributed by atoms with Gasteiger partial charge >= 0.3 is 5.97 Å². The summed E-state index contributed by atoms with van der Waals surface area (Å²) in [5, 5.41) is 3.33. The molecule has 0 bridgehead atoms. The third-order valence-electron chi connectivity index (χ3n) is 3.69. The van der Waals surface area contributed by atoms with E-state index in [2.05, 4.69) is 12.2 Å². The maximum atomic E-state index is 12.4. The molecule has 1 aromatic carbocycles. The smallest absolute Gasteiger partial charge is 0.330 e. The Morgan fingerprint density at radius 3 is 2.43 bits per heavy atom. The molecule has 1 rings (SSSR count). The summed E-state index contributed by atoms with van der Waals surface area (Å²) in [7, 11) is 4.54. The van der Waals surface area contributed by atoms with Crippen molar-refractivity contribution < 1.29 is 19.0 Å². The van der Waals surface area contributed by atoms with E-state index < -0.39 is 5.54 Å². The molecule has 0 heterocycles. The van der Waals surface area contributed by atoms with Crippen LogP contribution in [0.2, 0.25) is 0 Å². The molecule has 0 amide bonds. The lowest BCUT2D eigenvalue weighted by atomic mass is 9.89. The normalized spacial score (nSPS) is 15.0. The molecule has 5 nitrogen and oxygen atoms in total. The average molecular weight is 295 g/mol. The fourth-order valence-electron chi connectivity index (χ4n) is 2.25. The number of carbonyl (C=O) groups excluding carboxylic acids is 1. The highest BCUT2D eigenvalue weighted by molar-refractivity contribution is 5.83. The minimum atomic E-state index is -1.01. The van der Waals surface area contributed by atoms with Crippen LogP contribution >= 0.6 is 0 Å². The number of carbonyl (C=O) groups is 1. The number of methoxy groups -OCH3 is 3. The van der Waals surface area contributed by atoms with Gasteiger partial charge in [-0.15, -0.1) is 0 Å². The lowest BCUT2D eigenvalue weighted by Crippen LogP contribution is -2.51. The molecule has 0 spiro atoms. The summed E-state index contributed by atoms with van der Waals surface area (Å²) in [4.78, 5) is 12.4. The number of esters is 1. The highest BCUT2D eigenvalue weighted by atomic mass is 16.5. The number of benzene rings is 1. The zero-order valence-corrected chi connectivity index (χ0v) is 13.6. The molecule has 1 N–H and O–H groups in total. The van der Waals surface area contributed by atoms with Gasteiger partial charge in [-0.05, 0) is 38.5 Å². The van der Waals surface area contributed by atoms with Gasteiger partial charge in [0.1, 0.15) is 17.0 Å². The van der Waals surface area contributed by atoms with Crippen molar-refractivity contribution in [3.63, 3.8) is 0 Å². The van der Waals surface area contributed by atoms with Gasteiger partial charge in [0, 0.05) is 11.6 Å². The molecule has 21 heavy (non-hydrogen) atoms. The largest absolute Gasteiger partial charge is 0.497 e. The fourth-order valence-corrected chi connectivity index (χ4v) is 2.25. The van der Waals surface area contributed by atoms with Crippen molar-refractivity contribution in [1.82, 2.24) is 5.32 Å². The summed E-state index contributed by atoms with van der Waals surface area (Å²) in [5.74, 6) is 0.903. The first kappa shape index (κ1) is 17.3. The Kier molecular flexibility index (Phi) is 6.03. The Labute approximate surface area is 126 Å². The molecular weight excluding hydrogens is 270 g/mol. The van der Waals surface area contributed by atoms with Crippen LogP contribution in [0, 0.1) is 0 Å². The molecule has 0 saturated carbocycles. The monoisotopic (exact) mass is 295 g/mol. The zero-order chi connectivity index (χ0) is 16.0. The van der Waals surface area contributed by atoms with Crippen molar-refractivity contribution in [2.75, 3.05) is 21.3 Å². The summed E-state index contributed by atoms with van der Waals surface area (Å²) in [6.07, 6.45) is 0.888. The van der Waals surface area contributed by atoms with E-state index in [1.165, 1.54) is 7.11 Å². The second-order valence-electron chi connectivity index (χ2n) is 5.14. The van der Waals surface area contributed by atoms with Gasteiger partial charge in [-0.1, -0.05) is 6.92 Å². The van der Waals surface area contributed by atoms with Crippen LogP contribution in [-0.4, -0.2) is 33.3 Å². The van der Waals surface area contributed by atoms with Gasteiger partial charge < -0.3 is 14.2 Å². The Balaban J connectivity index is 3.40. The predicted octanol–water partition coefficient (Wildman–Crippen LogP) is 2.48. The van der Waals surface area contributed by atoms with Crippen LogP contribution in [0.4, 0.5) is 0 Å². The van der Waals surface area contributed by atoms with Crippen molar-refractivity contribution in [3.8, 4) is 11.5 Å². The van der Waals surface area contributed by atoms with Crippen LogP contribution in [0.25, 0.3) is 0 Å². The topological polar surface area (TPSA) is 56.8 Å². The molecule has 0 saturated heterocycles. The second-order valence-corrected chi connectivity index (χ2v) is 5.14. The van der Waals surface area contributed by atoms with E-state index in [-0.39, 0.29) is 12.0 Å². The van der Waals surface area contributed by atoms with Gasteiger partial charge in [-0.2, -0.15) is 0 Å². The maximum Gasteiger partial charge on any atom is 0.330 e. The molecular formula is C16H25NO4. The van der Waals surface area contributed by atoms with Crippen LogP contribution in [0.5, 0.6) is 11.5 Å². The van der Waals surface area contributed by atoms with Crippen LogP contribution in [0.1, 0.15) is 32.8 Å². The molecule has 0 aromatic heterocycles. The number of hydrogen-bond acceptors (Lipinski definition) is 5. The molecule has 2 atom stereocenters. The van der Waals surface area contributed by atoms with E-state index in [0.29, 0.717) is 17.1 Å². The Morgan fingerprint density at radius 1 is 1.29 bits per heavy atom. The predicted molar refractivity (Wildman–Crippen MR) is 81.8 cm³/mol. The maximum absolute atomic E-state index is 12.4. The van der Waals surface area contributed by atoms with E-state index in [4.69, 9.17) is 14.2 Å². The molecule has 0 aliphatic heterocycles. The minimum absolute atomic E-state index is 0.144. The lowest BCUT2D eigenvalue weighted by Gasteiger charge is -2.32. The Morgan fingerprint density at radius 2 is 1.95 bits per heavy atom. The van der Waals surface area contributed by atoms with Gasteiger partial charge in [0.05, 0.1) is 21.3 Å².